The lowest BCUT2D eigenvalue weighted by atomic mass is 10.0. The van der Waals surface area contributed by atoms with Gasteiger partial charge in [-0.05, 0) is 32.1 Å². The Labute approximate surface area is 206 Å². The molecule has 0 saturated carbocycles. The van der Waals surface area contributed by atoms with Crippen molar-refractivity contribution in [2.24, 2.45) is 0 Å². The summed E-state index contributed by atoms with van der Waals surface area (Å²) in [5, 5.41) is 29.0. The highest BCUT2D eigenvalue weighted by molar-refractivity contribution is 5.75. The second-order valence-corrected chi connectivity index (χ2v) is 9.42. The monoisotopic (exact) mass is 486 g/mol. The first kappa shape index (κ1) is 32.3. The van der Waals surface area contributed by atoms with Crippen LogP contribution in [0, 0.1) is 0 Å². The highest BCUT2D eigenvalue weighted by atomic mass is 16.5. The number of hydrogen-bond acceptors (Lipinski definition) is 5. The second-order valence-electron chi connectivity index (χ2n) is 9.42. The molecule has 1 atom stereocenters. The highest BCUT2D eigenvalue weighted by Crippen LogP contribution is 2.14. The van der Waals surface area contributed by atoms with Gasteiger partial charge in [0.15, 0.2) is 0 Å². The van der Waals surface area contributed by atoms with Crippen molar-refractivity contribution < 1.29 is 29.8 Å². The lowest BCUT2D eigenvalue weighted by molar-refractivity contribution is -0.142. The standard InChI is InChI=1S/C26H50N2O6/c29-24(27-22-18-17-19-23(28-34)26(32)33)20-15-13-11-9-7-5-3-1-2-4-6-8-10-12-14-16-21-25(30)31/h23,28,34H,1-22H2,(H,27,29)(H,30,31)(H,32,33)/t23-/m0/s1. The van der Waals surface area contributed by atoms with E-state index in [0.717, 1.165) is 25.7 Å². The summed E-state index contributed by atoms with van der Waals surface area (Å²) in [6, 6.07) is -0.944. The van der Waals surface area contributed by atoms with Gasteiger partial charge < -0.3 is 20.7 Å². The summed E-state index contributed by atoms with van der Waals surface area (Å²) in [4.78, 5) is 33.0. The molecule has 0 aliphatic heterocycles. The Morgan fingerprint density at radius 3 is 1.35 bits per heavy atom. The van der Waals surface area contributed by atoms with Gasteiger partial charge in [-0.1, -0.05) is 89.9 Å². The Hall–Kier alpha value is -1.67. The minimum absolute atomic E-state index is 0.0632. The van der Waals surface area contributed by atoms with Gasteiger partial charge in [-0.3, -0.25) is 14.4 Å². The second kappa shape index (κ2) is 24.5. The van der Waals surface area contributed by atoms with Gasteiger partial charge in [0, 0.05) is 19.4 Å². The van der Waals surface area contributed by atoms with Crippen molar-refractivity contribution in [2.45, 2.75) is 141 Å². The van der Waals surface area contributed by atoms with Crippen molar-refractivity contribution in [2.75, 3.05) is 6.54 Å². The maximum Gasteiger partial charge on any atom is 0.323 e. The van der Waals surface area contributed by atoms with Crippen molar-refractivity contribution >= 4 is 17.8 Å². The first-order chi connectivity index (χ1) is 16.5. The molecule has 0 aromatic rings. The summed E-state index contributed by atoms with van der Waals surface area (Å²) in [6.45, 7) is 0.547. The molecule has 1 amide bonds. The SMILES string of the molecule is O=C(O)CCCCCCCCCCCCCCCCCCC(=O)NCCCC[C@H](NO)C(=O)O. The Balaban J connectivity index is 3.24. The number of carboxylic acids is 2. The lowest BCUT2D eigenvalue weighted by Crippen LogP contribution is -2.34. The van der Waals surface area contributed by atoms with Crippen molar-refractivity contribution in [3.05, 3.63) is 0 Å². The van der Waals surface area contributed by atoms with Crippen LogP contribution in [0.4, 0.5) is 0 Å². The number of carbonyl (C=O) groups excluding carboxylic acids is 1. The molecule has 0 aliphatic rings. The summed E-state index contributed by atoms with van der Waals surface area (Å²) in [7, 11) is 0. The average molecular weight is 487 g/mol. The van der Waals surface area contributed by atoms with Crippen LogP contribution in [-0.4, -0.2) is 45.9 Å². The van der Waals surface area contributed by atoms with E-state index in [0.29, 0.717) is 38.6 Å². The zero-order valence-corrected chi connectivity index (χ0v) is 21.2. The summed E-state index contributed by atoms with van der Waals surface area (Å²) in [5.41, 5.74) is 1.78. The molecule has 8 nitrogen and oxygen atoms in total. The number of hydroxylamine groups is 1. The third kappa shape index (κ3) is 23.5. The molecule has 0 aromatic heterocycles. The van der Waals surface area contributed by atoms with E-state index in [9.17, 15) is 14.4 Å². The van der Waals surface area contributed by atoms with Gasteiger partial charge in [0.2, 0.25) is 5.91 Å². The van der Waals surface area contributed by atoms with E-state index < -0.39 is 18.0 Å². The third-order valence-corrected chi connectivity index (χ3v) is 6.24. The molecule has 0 aliphatic carbocycles. The first-order valence-corrected chi connectivity index (χ1v) is 13.6. The molecule has 0 spiro atoms. The third-order valence-electron chi connectivity index (χ3n) is 6.24. The number of rotatable bonds is 26. The smallest absolute Gasteiger partial charge is 0.323 e. The van der Waals surface area contributed by atoms with Gasteiger partial charge >= 0.3 is 11.9 Å². The van der Waals surface area contributed by atoms with E-state index in [1.165, 1.54) is 77.0 Å². The largest absolute Gasteiger partial charge is 0.481 e. The number of carboxylic acid groups (broad SMARTS) is 2. The van der Waals surface area contributed by atoms with Crippen LogP contribution in [0.1, 0.15) is 135 Å². The summed E-state index contributed by atoms with van der Waals surface area (Å²) < 4.78 is 0. The zero-order chi connectivity index (χ0) is 25.3. The minimum atomic E-state index is -1.07. The summed E-state index contributed by atoms with van der Waals surface area (Å²) in [5.74, 6) is -1.69. The van der Waals surface area contributed by atoms with Gasteiger partial charge in [-0.15, -0.1) is 0 Å². The summed E-state index contributed by atoms with van der Waals surface area (Å²) >= 11 is 0. The summed E-state index contributed by atoms with van der Waals surface area (Å²) in [6.07, 6.45) is 21.7. The van der Waals surface area contributed by atoms with Gasteiger partial charge in [0.1, 0.15) is 6.04 Å². The first-order valence-electron chi connectivity index (χ1n) is 13.6. The highest BCUT2D eigenvalue weighted by Gasteiger charge is 2.14. The molecule has 0 radical (unpaired) electrons. The van der Waals surface area contributed by atoms with Crippen LogP contribution in [0.3, 0.4) is 0 Å². The van der Waals surface area contributed by atoms with E-state index in [1.54, 1.807) is 5.48 Å². The molecule has 0 fully saturated rings. The Morgan fingerprint density at radius 1 is 0.559 bits per heavy atom. The number of hydrogen-bond donors (Lipinski definition) is 5. The number of carbonyl (C=O) groups is 3. The molecule has 0 heterocycles. The normalized spacial score (nSPS) is 11.9. The van der Waals surface area contributed by atoms with E-state index in [2.05, 4.69) is 5.32 Å². The van der Waals surface area contributed by atoms with Crippen molar-refractivity contribution in [1.82, 2.24) is 10.8 Å². The van der Waals surface area contributed by atoms with Crippen LogP contribution in [-0.2, 0) is 14.4 Å². The van der Waals surface area contributed by atoms with Crippen molar-refractivity contribution in [3.63, 3.8) is 0 Å². The zero-order valence-electron chi connectivity index (χ0n) is 21.2. The Kier molecular flexibility index (Phi) is 23.3. The van der Waals surface area contributed by atoms with Crippen LogP contribution in [0.5, 0.6) is 0 Å². The Bertz CT molecular complexity index is 516. The molecular formula is C26H50N2O6. The maximum absolute atomic E-state index is 11.8. The predicted molar refractivity (Wildman–Crippen MR) is 134 cm³/mol. The van der Waals surface area contributed by atoms with Crippen LogP contribution in [0.25, 0.3) is 0 Å². The molecule has 0 bridgehead atoms. The van der Waals surface area contributed by atoms with Crippen LogP contribution < -0.4 is 10.8 Å². The van der Waals surface area contributed by atoms with Crippen molar-refractivity contribution in [3.8, 4) is 0 Å². The fourth-order valence-corrected chi connectivity index (χ4v) is 4.07. The van der Waals surface area contributed by atoms with E-state index in [-0.39, 0.29) is 5.91 Å². The maximum atomic E-state index is 11.8. The van der Waals surface area contributed by atoms with Crippen LogP contribution >= 0.6 is 0 Å². The van der Waals surface area contributed by atoms with Gasteiger partial charge in [-0.25, -0.2) is 0 Å². The molecule has 0 aromatic carbocycles. The molecule has 200 valence electrons. The van der Waals surface area contributed by atoms with Crippen molar-refractivity contribution in [1.29, 1.82) is 0 Å². The molecule has 0 saturated heterocycles. The Morgan fingerprint density at radius 2 is 0.971 bits per heavy atom. The van der Waals surface area contributed by atoms with Gasteiger partial charge in [-0.2, -0.15) is 5.48 Å². The number of unbranched alkanes of at least 4 members (excludes halogenated alkanes) is 16. The fraction of sp³-hybridized carbons (Fsp3) is 0.885. The molecule has 0 unspecified atom stereocenters. The molecule has 8 heteroatoms. The van der Waals surface area contributed by atoms with E-state index in [1.807, 2.05) is 0 Å². The quantitative estimate of drug-likeness (QED) is 0.0768. The number of aliphatic carboxylic acids is 2. The van der Waals surface area contributed by atoms with E-state index >= 15 is 0 Å². The molecule has 5 N–H and O–H groups in total. The van der Waals surface area contributed by atoms with Gasteiger partial charge in [0.25, 0.3) is 0 Å². The topological polar surface area (TPSA) is 136 Å². The minimum Gasteiger partial charge on any atom is -0.481 e. The predicted octanol–water partition coefficient (Wildman–Crippen LogP) is 5.81. The van der Waals surface area contributed by atoms with Gasteiger partial charge in [0.05, 0.1) is 0 Å². The molecule has 0 rings (SSSR count). The molecule has 34 heavy (non-hydrogen) atoms. The molecular weight excluding hydrogens is 436 g/mol. The van der Waals surface area contributed by atoms with E-state index in [4.69, 9.17) is 15.4 Å². The average Bonchev–Trinajstić information content (AvgIpc) is 2.80. The lowest BCUT2D eigenvalue weighted by Gasteiger charge is -2.10. The van der Waals surface area contributed by atoms with Crippen LogP contribution in [0.15, 0.2) is 0 Å². The number of amides is 1. The fourth-order valence-electron chi connectivity index (χ4n) is 4.07. The number of nitrogens with one attached hydrogen (secondary N) is 2. The van der Waals surface area contributed by atoms with Crippen LogP contribution in [0.2, 0.25) is 0 Å².